The van der Waals surface area contributed by atoms with Gasteiger partial charge in [-0.15, -0.1) is 12.4 Å². The fourth-order valence-electron chi connectivity index (χ4n) is 4.64. The Balaban J connectivity index is 0.00000306. The van der Waals surface area contributed by atoms with E-state index < -0.39 is 10.0 Å². The highest BCUT2D eigenvalue weighted by Gasteiger charge is 2.43. The lowest BCUT2D eigenvalue weighted by molar-refractivity contribution is 0.241. The summed E-state index contributed by atoms with van der Waals surface area (Å²) >= 11 is 0. The van der Waals surface area contributed by atoms with Crippen molar-refractivity contribution < 1.29 is 8.42 Å². The van der Waals surface area contributed by atoms with Crippen LogP contribution in [0.25, 0.3) is 0 Å². The number of sulfonamides is 1. The molecule has 2 aromatic rings. The van der Waals surface area contributed by atoms with Crippen molar-refractivity contribution in [2.45, 2.75) is 50.1 Å². The number of hydrogen-bond acceptors (Lipinski definition) is 5. The van der Waals surface area contributed by atoms with E-state index in [1.54, 1.807) is 16.4 Å². The second-order valence-corrected chi connectivity index (χ2v) is 11.2. The molecule has 2 aliphatic rings. The number of piperidine rings is 1. The molecule has 0 amide bonds. The Morgan fingerprint density at radius 3 is 2.33 bits per heavy atom. The lowest BCUT2D eigenvalue weighted by Crippen LogP contribution is -2.64. The monoisotopic (exact) mass is 490 g/mol. The second kappa shape index (κ2) is 11.0. The van der Waals surface area contributed by atoms with E-state index in [-0.39, 0.29) is 17.9 Å². The largest absolute Gasteiger partial charge is 0.368 e. The number of halogens is 1. The zero-order valence-corrected chi connectivity index (χ0v) is 21.1. The molecule has 0 aromatic heterocycles. The summed E-state index contributed by atoms with van der Waals surface area (Å²) < 4.78 is 28.1. The van der Waals surface area contributed by atoms with Crippen LogP contribution in [0.2, 0.25) is 0 Å². The quantitative estimate of drug-likeness (QED) is 0.648. The van der Waals surface area contributed by atoms with Gasteiger partial charge in [-0.3, -0.25) is 4.99 Å². The van der Waals surface area contributed by atoms with E-state index in [1.807, 2.05) is 30.3 Å². The van der Waals surface area contributed by atoms with Crippen LogP contribution in [0.5, 0.6) is 0 Å². The van der Waals surface area contributed by atoms with Gasteiger partial charge in [0.2, 0.25) is 10.0 Å². The highest BCUT2D eigenvalue weighted by molar-refractivity contribution is 7.89. The number of nitrogens with one attached hydrogen (secondary N) is 2. The van der Waals surface area contributed by atoms with Crippen LogP contribution in [0.3, 0.4) is 0 Å². The second-order valence-electron chi connectivity index (χ2n) is 9.22. The number of benzene rings is 2. The molecule has 0 unspecified atom stereocenters. The molecule has 180 valence electrons. The molecule has 8 heteroatoms. The van der Waals surface area contributed by atoms with Gasteiger partial charge in [0.05, 0.1) is 17.0 Å². The van der Waals surface area contributed by atoms with E-state index in [9.17, 15) is 8.42 Å². The number of nitrogens with zero attached hydrogens (tertiary/aromatic N) is 2. The number of hydrogen-bond donors (Lipinski definition) is 2. The Bertz CT molecular complexity index is 1030. The fourth-order valence-corrected chi connectivity index (χ4v) is 6.09. The van der Waals surface area contributed by atoms with Crippen molar-refractivity contribution in [3.8, 4) is 0 Å². The molecule has 2 aromatic carbocycles. The zero-order chi connectivity index (χ0) is 22.6. The van der Waals surface area contributed by atoms with Crippen LogP contribution >= 0.6 is 12.4 Å². The zero-order valence-electron chi connectivity index (χ0n) is 19.5. The molecule has 2 aliphatic heterocycles. The van der Waals surface area contributed by atoms with Gasteiger partial charge in [-0.2, -0.15) is 4.31 Å². The van der Waals surface area contributed by atoms with Gasteiger partial charge in [0.15, 0.2) is 0 Å². The smallest absolute Gasteiger partial charge is 0.243 e. The molecule has 33 heavy (non-hydrogen) atoms. The summed E-state index contributed by atoms with van der Waals surface area (Å²) in [6.07, 6.45) is 2.37. The van der Waals surface area contributed by atoms with Gasteiger partial charge in [0, 0.05) is 26.2 Å². The molecule has 0 radical (unpaired) electrons. The summed E-state index contributed by atoms with van der Waals surface area (Å²) in [6.45, 7) is 7.57. The Labute approximate surface area is 204 Å². The Hall–Kier alpha value is -1.93. The minimum Gasteiger partial charge on any atom is -0.368 e. The van der Waals surface area contributed by atoms with E-state index in [1.165, 1.54) is 11.1 Å². The first-order chi connectivity index (χ1) is 15.4. The lowest BCUT2D eigenvalue weighted by Gasteiger charge is -2.44. The SMILES string of the molecule is CC(C)Cc1ccc(S(=O)(=O)N2CCC3(CC2)NCCN=C3NCc2ccccc2)cc1.Cl. The van der Waals surface area contributed by atoms with Crippen LogP contribution in [0.15, 0.2) is 64.5 Å². The summed E-state index contributed by atoms with van der Waals surface area (Å²) in [7, 11) is -3.49. The average Bonchev–Trinajstić information content (AvgIpc) is 2.80. The third kappa shape index (κ3) is 5.96. The van der Waals surface area contributed by atoms with Crippen LogP contribution in [-0.2, 0) is 23.0 Å². The minimum absolute atomic E-state index is 0. The van der Waals surface area contributed by atoms with Gasteiger partial charge in [-0.1, -0.05) is 56.3 Å². The molecule has 1 saturated heterocycles. The Morgan fingerprint density at radius 2 is 1.70 bits per heavy atom. The third-order valence-corrected chi connectivity index (χ3v) is 8.30. The van der Waals surface area contributed by atoms with Gasteiger partial charge in [-0.05, 0) is 48.4 Å². The highest BCUT2D eigenvalue weighted by atomic mass is 35.5. The van der Waals surface area contributed by atoms with Crippen LogP contribution < -0.4 is 10.6 Å². The maximum Gasteiger partial charge on any atom is 0.243 e. The predicted molar refractivity (Wildman–Crippen MR) is 137 cm³/mol. The molecule has 0 aliphatic carbocycles. The van der Waals surface area contributed by atoms with Crippen molar-refractivity contribution in [3.63, 3.8) is 0 Å². The summed E-state index contributed by atoms with van der Waals surface area (Å²) in [5.41, 5.74) is 2.10. The highest BCUT2D eigenvalue weighted by Crippen LogP contribution is 2.29. The molecular weight excluding hydrogens is 456 g/mol. The first kappa shape index (κ1) is 25.7. The van der Waals surface area contributed by atoms with Crippen molar-refractivity contribution in [2.24, 2.45) is 10.9 Å². The first-order valence-corrected chi connectivity index (χ1v) is 13.0. The maximum absolute atomic E-state index is 13.2. The van der Waals surface area contributed by atoms with Crippen molar-refractivity contribution in [3.05, 3.63) is 65.7 Å². The molecule has 1 fully saturated rings. The molecule has 2 heterocycles. The molecule has 6 nitrogen and oxygen atoms in total. The lowest BCUT2D eigenvalue weighted by atomic mass is 9.85. The number of rotatable bonds is 6. The number of aliphatic imine (C=N–C) groups is 1. The van der Waals surface area contributed by atoms with Crippen LogP contribution in [-0.4, -0.2) is 50.3 Å². The van der Waals surface area contributed by atoms with Gasteiger partial charge in [0.25, 0.3) is 0 Å². The van der Waals surface area contributed by atoms with Gasteiger partial charge >= 0.3 is 0 Å². The van der Waals surface area contributed by atoms with Crippen molar-refractivity contribution >= 4 is 28.3 Å². The summed E-state index contributed by atoms with van der Waals surface area (Å²) in [6, 6.07) is 17.7. The van der Waals surface area contributed by atoms with E-state index in [4.69, 9.17) is 4.99 Å². The summed E-state index contributed by atoms with van der Waals surface area (Å²) in [5, 5.41) is 7.17. The normalized spacial score (nSPS) is 18.6. The van der Waals surface area contributed by atoms with Crippen molar-refractivity contribution in [1.29, 1.82) is 0 Å². The van der Waals surface area contributed by atoms with Gasteiger partial charge in [0.1, 0.15) is 5.84 Å². The van der Waals surface area contributed by atoms with E-state index in [0.717, 1.165) is 25.3 Å². The number of amidine groups is 1. The Morgan fingerprint density at radius 1 is 1.03 bits per heavy atom. The topological polar surface area (TPSA) is 73.8 Å². The minimum atomic E-state index is -3.49. The molecule has 2 N–H and O–H groups in total. The molecule has 1 spiro atoms. The Kier molecular flexibility index (Phi) is 8.56. The predicted octanol–water partition coefficient (Wildman–Crippen LogP) is 3.62. The van der Waals surface area contributed by atoms with Crippen LogP contribution in [0.1, 0.15) is 37.8 Å². The molecular formula is C25H35ClN4O2S. The maximum atomic E-state index is 13.2. The van der Waals surface area contributed by atoms with E-state index in [2.05, 4.69) is 36.6 Å². The molecule has 4 rings (SSSR count). The molecule has 0 bridgehead atoms. The summed E-state index contributed by atoms with van der Waals surface area (Å²) in [4.78, 5) is 5.16. The molecule has 0 atom stereocenters. The van der Waals surface area contributed by atoms with Crippen LogP contribution in [0, 0.1) is 5.92 Å². The van der Waals surface area contributed by atoms with Gasteiger partial charge < -0.3 is 10.6 Å². The third-order valence-electron chi connectivity index (χ3n) is 6.38. The van der Waals surface area contributed by atoms with Crippen LogP contribution in [0.4, 0.5) is 0 Å². The average molecular weight is 491 g/mol. The van der Waals surface area contributed by atoms with Crippen molar-refractivity contribution in [1.82, 2.24) is 14.9 Å². The van der Waals surface area contributed by atoms with E-state index in [0.29, 0.717) is 43.3 Å². The standard InChI is InChI=1S/C25H34N4O2S.ClH/c1-20(2)18-21-8-10-23(11-9-21)32(30,31)29-16-12-25(13-17-29)24(26-14-15-28-25)27-19-22-6-4-3-5-7-22;/h3-11,20,28H,12-19H2,1-2H3,(H,26,27);1H. The van der Waals surface area contributed by atoms with E-state index >= 15 is 0 Å². The van der Waals surface area contributed by atoms with Gasteiger partial charge in [-0.25, -0.2) is 8.42 Å². The first-order valence-electron chi connectivity index (χ1n) is 11.6. The summed E-state index contributed by atoms with van der Waals surface area (Å²) in [5.74, 6) is 1.51. The molecule has 0 saturated carbocycles. The fraction of sp³-hybridized carbons (Fsp3) is 0.480. The van der Waals surface area contributed by atoms with Crippen molar-refractivity contribution in [2.75, 3.05) is 26.2 Å².